The maximum Gasteiger partial charge on any atom is 0.225 e. The number of hydrogen-bond donors (Lipinski definition) is 1. The third-order valence-electron chi connectivity index (χ3n) is 3.02. The lowest BCUT2D eigenvalue weighted by Gasteiger charge is -2.12. The first-order chi connectivity index (χ1) is 9.06. The van der Waals surface area contributed by atoms with Gasteiger partial charge in [-0.2, -0.15) is 5.10 Å². The Hall–Kier alpha value is -2.11. The zero-order chi connectivity index (χ0) is 13.8. The van der Waals surface area contributed by atoms with Gasteiger partial charge in [0.1, 0.15) is 5.82 Å². The number of aromatic nitrogens is 4. The van der Waals surface area contributed by atoms with E-state index in [2.05, 4.69) is 15.4 Å². The number of nitrogens with zero attached hydrogens (tertiary/aromatic N) is 4. The van der Waals surface area contributed by atoms with Crippen LogP contribution in [0, 0.1) is 12.8 Å². The first kappa shape index (κ1) is 13.3. The number of hydrogen-bond acceptors (Lipinski definition) is 3. The lowest BCUT2D eigenvalue weighted by atomic mass is 10.1. The quantitative estimate of drug-likeness (QED) is 0.869. The van der Waals surface area contributed by atoms with Gasteiger partial charge < -0.3 is 9.88 Å². The third-order valence-corrected chi connectivity index (χ3v) is 3.02. The molecule has 2 rings (SSSR count). The van der Waals surface area contributed by atoms with Gasteiger partial charge in [-0.15, -0.1) is 0 Å². The van der Waals surface area contributed by atoms with E-state index in [1.165, 1.54) is 0 Å². The van der Waals surface area contributed by atoms with E-state index in [4.69, 9.17) is 0 Å². The molecule has 1 N–H and O–H groups in total. The summed E-state index contributed by atoms with van der Waals surface area (Å²) < 4.78 is 3.68. The molecule has 0 aliphatic carbocycles. The molecule has 19 heavy (non-hydrogen) atoms. The van der Waals surface area contributed by atoms with Gasteiger partial charge in [0.15, 0.2) is 0 Å². The van der Waals surface area contributed by atoms with E-state index in [0.717, 1.165) is 11.5 Å². The summed E-state index contributed by atoms with van der Waals surface area (Å²) in [7, 11) is 1.91. The number of aryl methyl sites for hydroxylation is 2. The average Bonchev–Trinajstić information content (AvgIpc) is 2.95. The zero-order valence-electron chi connectivity index (χ0n) is 11.5. The van der Waals surface area contributed by atoms with Crippen LogP contribution < -0.4 is 5.32 Å². The highest BCUT2D eigenvalue weighted by Crippen LogP contribution is 2.02. The van der Waals surface area contributed by atoms with Crippen LogP contribution in [0.3, 0.4) is 0 Å². The molecule has 0 radical (unpaired) electrons. The van der Waals surface area contributed by atoms with Gasteiger partial charge in [0.25, 0.3) is 0 Å². The predicted molar refractivity (Wildman–Crippen MR) is 71.2 cm³/mol. The van der Waals surface area contributed by atoms with Crippen molar-refractivity contribution in [2.75, 3.05) is 0 Å². The minimum atomic E-state index is -0.125. The Morgan fingerprint density at radius 3 is 2.84 bits per heavy atom. The minimum Gasteiger partial charge on any atom is -0.349 e. The molecule has 1 atom stereocenters. The molecule has 2 aromatic rings. The Morgan fingerprint density at radius 1 is 1.47 bits per heavy atom. The van der Waals surface area contributed by atoms with E-state index in [0.29, 0.717) is 13.1 Å². The Kier molecular flexibility index (Phi) is 3.99. The van der Waals surface area contributed by atoms with Gasteiger partial charge in [-0.3, -0.25) is 9.48 Å². The van der Waals surface area contributed by atoms with Gasteiger partial charge in [-0.1, -0.05) is 6.92 Å². The molecule has 0 fully saturated rings. The summed E-state index contributed by atoms with van der Waals surface area (Å²) in [5.41, 5.74) is 0.959. The Bertz CT molecular complexity index is 557. The first-order valence-corrected chi connectivity index (χ1v) is 6.30. The summed E-state index contributed by atoms with van der Waals surface area (Å²) in [6, 6.07) is 1.93. The van der Waals surface area contributed by atoms with Crippen LogP contribution >= 0.6 is 0 Å². The van der Waals surface area contributed by atoms with Crippen molar-refractivity contribution in [1.82, 2.24) is 24.6 Å². The number of amides is 1. The molecule has 0 aliphatic rings. The molecule has 0 saturated carbocycles. The molecule has 0 aromatic carbocycles. The maximum absolute atomic E-state index is 12.0. The molecule has 0 unspecified atom stereocenters. The third kappa shape index (κ3) is 3.43. The molecule has 6 heteroatoms. The van der Waals surface area contributed by atoms with E-state index in [1.807, 2.05) is 43.9 Å². The summed E-state index contributed by atoms with van der Waals surface area (Å²) in [6.45, 7) is 4.86. The van der Waals surface area contributed by atoms with Crippen molar-refractivity contribution in [1.29, 1.82) is 0 Å². The molecule has 0 aliphatic heterocycles. The van der Waals surface area contributed by atoms with E-state index < -0.39 is 0 Å². The number of carbonyl (C=O) groups is 1. The fraction of sp³-hybridized carbons (Fsp3) is 0.462. The number of carbonyl (C=O) groups excluding carboxylic acids is 1. The molecular weight excluding hydrogens is 242 g/mol. The van der Waals surface area contributed by atoms with Gasteiger partial charge in [-0.25, -0.2) is 4.98 Å². The van der Waals surface area contributed by atoms with Crippen molar-refractivity contribution in [3.8, 4) is 0 Å². The monoisotopic (exact) mass is 261 g/mol. The summed E-state index contributed by atoms with van der Waals surface area (Å²) in [6.07, 6.45) is 5.47. The van der Waals surface area contributed by atoms with Crippen LogP contribution in [-0.2, 0) is 24.9 Å². The number of nitrogens with one attached hydrogen (secondary N) is 1. The maximum atomic E-state index is 12.0. The fourth-order valence-corrected chi connectivity index (χ4v) is 1.84. The highest BCUT2D eigenvalue weighted by molar-refractivity contribution is 5.78. The van der Waals surface area contributed by atoms with Gasteiger partial charge >= 0.3 is 0 Å². The van der Waals surface area contributed by atoms with E-state index in [-0.39, 0.29) is 11.8 Å². The summed E-state index contributed by atoms with van der Waals surface area (Å²) >= 11 is 0. The summed E-state index contributed by atoms with van der Waals surface area (Å²) in [4.78, 5) is 16.1. The van der Waals surface area contributed by atoms with Crippen LogP contribution in [0.2, 0.25) is 0 Å². The van der Waals surface area contributed by atoms with Crippen molar-refractivity contribution in [3.63, 3.8) is 0 Å². The van der Waals surface area contributed by atoms with E-state index in [9.17, 15) is 4.79 Å². The zero-order valence-corrected chi connectivity index (χ0v) is 11.5. The molecule has 0 bridgehead atoms. The predicted octanol–water partition coefficient (Wildman–Crippen LogP) is 0.878. The summed E-state index contributed by atoms with van der Waals surface area (Å²) in [5, 5.41) is 7.17. The summed E-state index contributed by atoms with van der Waals surface area (Å²) in [5.74, 6) is 0.728. The van der Waals surface area contributed by atoms with Gasteiger partial charge in [0.05, 0.1) is 24.7 Å². The molecule has 102 valence electrons. The van der Waals surface area contributed by atoms with Crippen molar-refractivity contribution >= 4 is 5.91 Å². The second kappa shape index (κ2) is 5.69. The second-order valence-corrected chi connectivity index (χ2v) is 4.75. The lowest BCUT2D eigenvalue weighted by Crippen LogP contribution is -2.32. The van der Waals surface area contributed by atoms with Crippen LogP contribution in [0.15, 0.2) is 24.7 Å². The molecular formula is C13H19N5O. The van der Waals surface area contributed by atoms with E-state index in [1.54, 1.807) is 10.9 Å². The SMILES string of the molecule is Cc1ccn(C[C@@H](C)C(=O)NCc2nccn2C)n1. The van der Waals surface area contributed by atoms with Crippen LogP contribution in [-0.4, -0.2) is 25.2 Å². The van der Waals surface area contributed by atoms with Gasteiger partial charge in [0, 0.05) is 25.6 Å². The minimum absolute atomic E-state index is 0.0103. The van der Waals surface area contributed by atoms with Crippen LogP contribution in [0.25, 0.3) is 0 Å². The molecule has 1 amide bonds. The molecule has 6 nitrogen and oxygen atoms in total. The molecule has 0 spiro atoms. The highest BCUT2D eigenvalue weighted by atomic mass is 16.1. The second-order valence-electron chi connectivity index (χ2n) is 4.75. The molecule has 0 saturated heterocycles. The standard InChI is InChI=1S/C13H19N5O/c1-10(9-18-6-4-11(2)16-18)13(19)15-8-12-14-5-7-17(12)3/h4-7,10H,8-9H2,1-3H3,(H,15,19)/t10-/m1/s1. The number of imidazole rings is 1. The van der Waals surface area contributed by atoms with Gasteiger partial charge in [0.2, 0.25) is 5.91 Å². The normalized spacial score (nSPS) is 12.4. The number of rotatable bonds is 5. The Morgan fingerprint density at radius 2 is 2.26 bits per heavy atom. The van der Waals surface area contributed by atoms with Crippen LogP contribution in [0.1, 0.15) is 18.4 Å². The average molecular weight is 261 g/mol. The van der Waals surface area contributed by atoms with Crippen LogP contribution in [0.5, 0.6) is 0 Å². The smallest absolute Gasteiger partial charge is 0.225 e. The highest BCUT2D eigenvalue weighted by Gasteiger charge is 2.14. The Balaban J connectivity index is 1.84. The lowest BCUT2D eigenvalue weighted by molar-refractivity contribution is -0.125. The van der Waals surface area contributed by atoms with E-state index >= 15 is 0 Å². The topological polar surface area (TPSA) is 64.7 Å². The molecule has 2 heterocycles. The van der Waals surface area contributed by atoms with Crippen molar-refractivity contribution in [2.45, 2.75) is 26.9 Å². The first-order valence-electron chi connectivity index (χ1n) is 6.30. The fourth-order valence-electron chi connectivity index (χ4n) is 1.84. The molecule has 2 aromatic heterocycles. The van der Waals surface area contributed by atoms with Crippen LogP contribution in [0.4, 0.5) is 0 Å². The van der Waals surface area contributed by atoms with Crippen molar-refractivity contribution in [2.24, 2.45) is 13.0 Å². The van der Waals surface area contributed by atoms with Crippen molar-refractivity contribution in [3.05, 3.63) is 36.2 Å². The Labute approximate surface area is 112 Å². The van der Waals surface area contributed by atoms with Gasteiger partial charge in [-0.05, 0) is 13.0 Å². The largest absolute Gasteiger partial charge is 0.349 e. The van der Waals surface area contributed by atoms with Crippen molar-refractivity contribution < 1.29 is 4.79 Å².